The van der Waals surface area contributed by atoms with E-state index in [-0.39, 0.29) is 16.6 Å². The lowest BCUT2D eigenvalue weighted by Gasteiger charge is -2.12. The normalized spacial score (nSPS) is 12.8. The predicted octanol–water partition coefficient (Wildman–Crippen LogP) is 3.75. The molecule has 2 heterocycles. The molecule has 0 unspecified atom stereocenters. The van der Waals surface area contributed by atoms with Crippen molar-refractivity contribution in [2.45, 2.75) is 26.9 Å². The van der Waals surface area contributed by atoms with Gasteiger partial charge in [-0.05, 0) is 44.0 Å². The molecule has 3 aromatic rings. The van der Waals surface area contributed by atoms with Gasteiger partial charge in [0.2, 0.25) is 0 Å². The summed E-state index contributed by atoms with van der Waals surface area (Å²) in [5, 5.41) is 14.1. The Hall–Kier alpha value is -2.05. The molecule has 2 aromatic heterocycles. The first-order valence-corrected chi connectivity index (χ1v) is 7.04. The summed E-state index contributed by atoms with van der Waals surface area (Å²) < 4.78 is 19.4. The van der Waals surface area contributed by atoms with Crippen LogP contribution in [0, 0.1) is 19.7 Å². The van der Waals surface area contributed by atoms with Crippen LogP contribution in [-0.2, 0) is 0 Å². The summed E-state index contributed by atoms with van der Waals surface area (Å²) in [5.74, 6) is 0.165. The predicted molar refractivity (Wildman–Crippen MR) is 80.1 cm³/mol. The van der Waals surface area contributed by atoms with Gasteiger partial charge in [-0.1, -0.05) is 16.8 Å². The van der Waals surface area contributed by atoms with Crippen LogP contribution in [0.1, 0.15) is 30.0 Å². The number of pyridine rings is 1. The van der Waals surface area contributed by atoms with Crippen molar-refractivity contribution in [3.8, 4) is 11.5 Å². The number of aromatic nitrogens is 3. The van der Waals surface area contributed by atoms with Crippen molar-refractivity contribution in [1.29, 1.82) is 0 Å². The van der Waals surface area contributed by atoms with Crippen molar-refractivity contribution in [2.24, 2.45) is 0 Å². The molecule has 1 aromatic carbocycles. The van der Waals surface area contributed by atoms with Gasteiger partial charge in [0.25, 0.3) is 5.89 Å². The maximum atomic E-state index is 14.2. The second-order valence-electron chi connectivity index (χ2n) is 5.12. The maximum absolute atomic E-state index is 14.2. The molecule has 0 aliphatic rings. The topological polar surface area (TPSA) is 72.0 Å². The molecule has 7 heteroatoms. The first kappa shape index (κ1) is 14.9. The summed E-state index contributed by atoms with van der Waals surface area (Å²) in [6, 6.07) is 2.95. The SMILES string of the molecule is Cc1noc(-c2c(Cl)nc3c(F)cc([C@H](C)O)cc3c2C)n1. The lowest BCUT2D eigenvalue weighted by Crippen LogP contribution is -1.98. The minimum atomic E-state index is -0.789. The number of benzene rings is 1. The molecule has 0 bridgehead atoms. The van der Waals surface area contributed by atoms with Crippen molar-refractivity contribution in [2.75, 3.05) is 0 Å². The summed E-state index contributed by atoms with van der Waals surface area (Å²) in [6.45, 7) is 5.04. The molecule has 3 rings (SSSR count). The Balaban J connectivity index is 2.36. The van der Waals surface area contributed by atoms with Crippen molar-refractivity contribution < 1.29 is 14.0 Å². The smallest absolute Gasteiger partial charge is 0.261 e. The zero-order valence-corrected chi connectivity index (χ0v) is 12.9. The summed E-state index contributed by atoms with van der Waals surface area (Å²) in [7, 11) is 0. The monoisotopic (exact) mass is 321 g/mol. The van der Waals surface area contributed by atoms with E-state index in [4.69, 9.17) is 16.1 Å². The number of rotatable bonds is 2. The van der Waals surface area contributed by atoms with Crippen LogP contribution in [0.15, 0.2) is 16.7 Å². The van der Waals surface area contributed by atoms with Gasteiger partial charge >= 0.3 is 0 Å². The molecule has 0 aliphatic carbocycles. The van der Waals surface area contributed by atoms with E-state index in [1.54, 1.807) is 26.8 Å². The van der Waals surface area contributed by atoms with E-state index in [1.807, 2.05) is 0 Å². The van der Waals surface area contributed by atoms with Crippen LogP contribution in [0.3, 0.4) is 0 Å². The van der Waals surface area contributed by atoms with Gasteiger partial charge in [-0.2, -0.15) is 4.98 Å². The second kappa shape index (κ2) is 5.30. The fraction of sp³-hybridized carbons (Fsp3) is 0.267. The van der Waals surface area contributed by atoms with Gasteiger partial charge in [-0.25, -0.2) is 9.37 Å². The van der Waals surface area contributed by atoms with Gasteiger partial charge in [0.15, 0.2) is 5.82 Å². The Bertz CT molecular complexity index is 877. The van der Waals surface area contributed by atoms with E-state index >= 15 is 0 Å². The highest BCUT2D eigenvalue weighted by molar-refractivity contribution is 6.32. The number of aryl methyl sites for hydroxylation is 2. The Morgan fingerprint density at radius 1 is 1.27 bits per heavy atom. The second-order valence-corrected chi connectivity index (χ2v) is 5.48. The van der Waals surface area contributed by atoms with Crippen molar-refractivity contribution in [3.63, 3.8) is 0 Å². The Morgan fingerprint density at radius 2 is 2.00 bits per heavy atom. The van der Waals surface area contributed by atoms with Gasteiger partial charge in [0.05, 0.1) is 11.7 Å². The van der Waals surface area contributed by atoms with Crippen LogP contribution in [-0.4, -0.2) is 20.2 Å². The first-order valence-electron chi connectivity index (χ1n) is 6.66. The van der Waals surface area contributed by atoms with Crippen molar-refractivity contribution in [1.82, 2.24) is 15.1 Å². The van der Waals surface area contributed by atoms with E-state index < -0.39 is 11.9 Å². The molecule has 0 spiro atoms. The zero-order valence-electron chi connectivity index (χ0n) is 12.2. The van der Waals surface area contributed by atoms with Crippen LogP contribution < -0.4 is 0 Å². The zero-order chi connectivity index (χ0) is 16.0. The highest BCUT2D eigenvalue weighted by Crippen LogP contribution is 2.35. The summed E-state index contributed by atoms with van der Waals surface area (Å²) >= 11 is 6.17. The molecule has 0 fully saturated rings. The molecule has 0 amide bonds. The number of hydrogen-bond donors (Lipinski definition) is 1. The number of aliphatic hydroxyl groups is 1. The van der Waals surface area contributed by atoms with Gasteiger partial charge < -0.3 is 9.63 Å². The number of halogens is 2. The number of fused-ring (bicyclic) bond motifs is 1. The minimum absolute atomic E-state index is 0.0948. The van der Waals surface area contributed by atoms with Crippen molar-refractivity contribution in [3.05, 3.63) is 40.1 Å². The maximum Gasteiger partial charge on any atom is 0.261 e. The molecule has 0 radical (unpaired) electrons. The number of aliphatic hydroxyl groups excluding tert-OH is 1. The Kier molecular flexibility index (Phi) is 3.58. The molecular formula is C15H13ClFN3O2. The van der Waals surface area contributed by atoms with Gasteiger partial charge in [-0.15, -0.1) is 0 Å². The lowest BCUT2D eigenvalue weighted by atomic mass is 10.0. The third-order valence-electron chi connectivity index (χ3n) is 3.50. The van der Waals surface area contributed by atoms with Crippen LogP contribution in [0.5, 0.6) is 0 Å². The molecule has 0 aliphatic heterocycles. The van der Waals surface area contributed by atoms with Crippen LogP contribution >= 0.6 is 11.6 Å². The third-order valence-corrected chi connectivity index (χ3v) is 3.78. The average molecular weight is 322 g/mol. The summed E-state index contributed by atoms with van der Waals surface area (Å²) in [5.41, 5.74) is 1.74. The quantitative estimate of drug-likeness (QED) is 0.728. The van der Waals surface area contributed by atoms with E-state index in [0.717, 1.165) is 0 Å². The average Bonchev–Trinajstić information content (AvgIpc) is 2.86. The lowest BCUT2D eigenvalue weighted by molar-refractivity contribution is 0.199. The fourth-order valence-corrected chi connectivity index (χ4v) is 2.66. The van der Waals surface area contributed by atoms with Crippen molar-refractivity contribution >= 4 is 22.5 Å². The Labute approximate surface area is 130 Å². The fourth-order valence-electron chi connectivity index (χ4n) is 2.35. The molecule has 114 valence electrons. The molecule has 1 N–H and O–H groups in total. The Morgan fingerprint density at radius 3 is 2.59 bits per heavy atom. The molecule has 0 saturated heterocycles. The highest BCUT2D eigenvalue weighted by atomic mass is 35.5. The summed E-state index contributed by atoms with van der Waals surface area (Å²) in [6.07, 6.45) is -0.789. The van der Waals surface area contributed by atoms with Gasteiger partial charge in [0, 0.05) is 5.39 Å². The number of nitrogens with zero attached hydrogens (tertiary/aromatic N) is 3. The van der Waals surface area contributed by atoms with Gasteiger partial charge in [-0.3, -0.25) is 0 Å². The van der Waals surface area contributed by atoms with E-state index in [2.05, 4.69) is 15.1 Å². The molecule has 1 atom stereocenters. The van der Waals surface area contributed by atoms with Crippen LogP contribution in [0.4, 0.5) is 4.39 Å². The van der Waals surface area contributed by atoms with Crippen LogP contribution in [0.2, 0.25) is 5.15 Å². The molecule has 22 heavy (non-hydrogen) atoms. The molecule has 5 nitrogen and oxygen atoms in total. The van der Waals surface area contributed by atoms with Gasteiger partial charge in [0.1, 0.15) is 16.5 Å². The van der Waals surface area contributed by atoms with Crippen LogP contribution in [0.25, 0.3) is 22.4 Å². The third kappa shape index (κ3) is 2.34. The molecular weight excluding hydrogens is 309 g/mol. The van der Waals surface area contributed by atoms with E-state index in [0.29, 0.717) is 27.9 Å². The highest BCUT2D eigenvalue weighted by Gasteiger charge is 2.20. The summed E-state index contributed by atoms with van der Waals surface area (Å²) in [4.78, 5) is 8.25. The van der Waals surface area contributed by atoms with E-state index in [1.165, 1.54) is 6.07 Å². The molecule has 0 saturated carbocycles. The minimum Gasteiger partial charge on any atom is -0.389 e. The standard InChI is InChI=1S/C15H13ClFN3O2/c1-6-10-4-9(7(2)21)5-11(17)13(10)19-14(16)12(6)15-18-8(3)20-22-15/h4-5,7,21H,1-3H3/t7-/m0/s1. The largest absolute Gasteiger partial charge is 0.389 e. The first-order chi connectivity index (χ1) is 10.4. The number of hydrogen-bond acceptors (Lipinski definition) is 5. The van der Waals surface area contributed by atoms with E-state index in [9.17, 15) is 9.50 Å².